The Morgan fingerprint density at radius 3 is 1.32 bits per heavy atom. The molecule has 4 rings (SSSR count). The van der Waals surface area contributed by atoms with Gasteiger partial charge in [-0.3, -0.25) is 19.9 Å². The van der Waals surface area contributed by atoms with Gasteiger partial charge in [0.05, 0.1) is 22.1 Å². The SMILES string of the molecule is [Cu+2].c1cnc2c(c1)c1nccnc1c1cccnc12. The molecule has 0 amide bonds. The molecule has 0 atom stereocenters. The molecule has 0 aliphatic carbocycles. The molecule has 0 spiro atoms. The molecule has 1 radical (unpaired) electrons. The van der Waals surface area contributed by atoms with Crippen LogP contribution in [-0.4, -0.2) is 19.9 Å². The molecule has 0 saturated carbocycles. The second kappa shape index (κ2) is 4.53. The molecule has 93 valence electrons. The van der Waals surface area contributed by atoms with Gasteiger partial charge in [-0.25, -0.2) is 0 Å². The zero-order valence-corrected chi connectivity index (χ0v) is 10.7. The van der Waals surface area contributed by atoms with Crippen LogP contribution in [0.4, 0.5) is 0 Å². The third-order valence-electron chi connectivity index (χ3n) is 3.05. The first-order valence-corrected chi connectivity index (χ1v) is 5.67. The van der Waals surface area contributed by atoms with Crippen molar-refractivity contribution >= 4 is 32.8 Å². The van der Waals surface area contributed by atoms with Crippen LogP contribution in [0.3, 0.4) is 0 Å². The fraction of sp³-hybridized carbons (Fsp3) is 0. The van der Waals surface area contributed by atoms with Crippen molar-refractivity contribution < 1.29 is 17.1 Å². The molecular formula is C14H8CuN4+2. The van der Waals surface area contributed by atoms with Crippen LogP contribution in [0.2, 0.25) is 0 Å². The summed E-state index contributed by atoms with van der Waals surface area (Å²) in [6.45, 7) is 0. The zero-order chi connectivity index (χ0) is 11.9. The van der Waals surface area contributed by atoms with Crippen LogP contribution < -0.4 is 0 Å². The fourth-order valence-electron chi connectivity index (χ4n) is 2.30. The number of aromatic nitrogens is 4. The maximum atomic E-state index is 4.43. The molecular weight excluding hydrogens is 288 g/mol. The number of fused-ring (bicyclic) bond motifs is 6. The van der Waals surface area contributed by atoms with Crippen molar-refractivity contribution in [1.82, 2.24) is 19.9 Å². The van der Waals surface area contributed by atoms with E-state index in [9.17, 15) is 0 Å². The molecule has 0 aliphatic heterocycles. The molecule has 0 saturated heterocycles. The minimum Gasteiger partial charge on any atom is -0.254 e. The number of rotatable bonds is 0. The molecule has 3 aromatic heterocycles. The number of hydrogen-bond donors (Lipinski definition) is 0. The molecule has 5 heteroatoms. The Hall–Kier alpha value is -2.10. The first-order valence-electron chi connectivity index (χ1n) is 5.67. The molecule has 0 N–H and O–H groups in total. The Bertz CT molecular complexity index is 671. The Balaban J connectivity index is 0.00000110. The largest absolute Gasteiger partial charge is 2.00 e. The van der Waals surface area contributed by atoms with Gasteiger partial charge in [-0.2, -0.15) is 0 Å². The number of benzene rings is 1. The van der Waals surface area contributed by atoms with E-state index in [1.54, 1.807) is 24.8 Å². The van der Waals surface area contributed by atoms with E-state index >= 15 is 0 Å². The van der Waals surface area contributed by atoms with E-state index in [1.165, 1.54) is 0 Å². The van der Waals surface area contributed by atoms with E-state index in [0.717, 1.165) is 32.8 Å². The molecule has 4 nitrogen and oxygen atoms in total. The van der Waals surface area contributed by atoms with Crippen LogP contribution >= 0.6 is 0 Å². The molecule has 0 bridgehead atoms. The normalized spacial score (nSPS) is 10.7. The van der Waals surface area contributed by atoms with Gasteiger partial charge in [0.2, 0.25) is 0 Å². The van der Waals surface area contributed by atoms with Crippen molar-refractivity contribution in [3.63, 3.8) is 0 Å². The molecule has 1 aromatic carbocycles. The van der Waals surface area contributed by atoms with Crippen molar-refractivity contribution in [2.24, 2.45) is 0 Å². The topological polar surface area (TPSA) is 51.6 Å². The van der Waals surface area contributed by atoms with Crippen LogP contribution in [0.5, 0.6) is 0 Å². The summed E-state index contributed by atoms with van der Waals surface area (Å²) in [4.78, 5) is 17.7. The maximum Gasteiger partial charge on any atom is 2.00 e. The van der Waals surface area contributed by atoms with Crippen molar-refractivity contribution in [3.8, 4) is 0 Å². The van der Waals surface area contributed by atoms with Gasteiger partial charge in [-0.15, -0.1) is 0 Å². The number of pyridine rings is 2. The van der Waals surface area contributed by atoms with E-state index in [1.807, 2.05) is 24.3 Å². The van der Waals surface area contributed by atoms with Crippen LogP contribution in [0.15, 0.2) is 49.1 Å². The third-order valence-corrected chi connectivity index (χ3v) is 3.05. The second-order valence-electron chi connectivity index (χ2n) is 4.05. The number of hydrogen-bond acceptors (Lipinski definition) is 4. The summed E-state index contributed by atoms with van der Waals surface area (Å²) in [5, 5.41) is 1.98. The predicted octanol–water partition coefficient (Wildman–Crippen LogP) is 2.72. The summed E-state index contributed by atoms with van der Waals surface area (Å²) in [5.41, 5.74) is 3.50. The quantitative estimate of drug-likeness (QED) is 0.370. The summed E-state index contributed by atoms with van der Waals surface area (Å²) in [6.07, 6.45) is 6.96. The Kier molecular flexibility index (Phi) is 2.85. The molecule has 0 aliphatic rings. The standard InChI is InChI=1S/C14H8N4.Cu/c1-3-9-11(15-5-1)12-10(4-2-6-16-12)14-13(9)17-7-8-18-14;/h1-8H;/q;+2. The molecule has 0 fully saturated rings. The average Bonchev–Trinajstić information content (AvgIpc) is 2.48. The first-order chi connectivity index (χ1) is 8.95. The van der Waals surface area contributed by atoms with E-state index < -0.39 is 0 Å². The van der Waals surface area contributed by atoms with Gasteiger partial charge < -0.3 is 0 Å². The maximum absolute atomic E-state index is 4.43. The van der Waals surface area contributed by atoms with Crippen LogP contribution in [0.1, 0.15) is 0 Å². The molecule has 4 aromatic rings. The fourth-order valence-corrected chi connectivity index (χ4v) is 2.30. The summed E-state index contributed by atoms with van der Waals surface area (Å²) in [6, 6.07) is 7.83. The third kappa shape index (κ3) is 1.67. The minimum atomic E-state index is 0. The summed E-state index contributed by atoms with van der Waals surface area (Å²) in [5.74, 6) is 0. The van der Waals surface area contributed by atoms with Crippen LogP contribution in [-0.2, 0) is 17.1 Å². The van der Waals surface area contributed by atoms with E-state index in [4.69, 9.17) is 0 Å². The van der Waals surface area contributed by atoms with Gasteiger partial charge in [0, 0.05) is 35.6 Å². The molecule has 19 heavy (non-hydrogen) atoms. The van der Waals surface area contributed by atoms with Crippen LogP contribution in [0, 0.1) is 0 Å². The van der Waals surface area contributed by atoms with Crippen molar-refractivity contribution in [1.29, 1.82) is 0 Å². The summed E-state index contributed by atoms with van der Waals surface area (Å²) < 4.78 is 0. The average molecular weight is 296 g/mol. The van der Waals surface area contributed by atoms with Gasteiger partial charge >= 0.3 is 17.1 Å². The van der Waals surface area contributed by atoms with Gasteiger partial charge in [-0.1, -0.05) is 0 Å². The number of nitrogens with zero attached hydrogens (tertiary/aromatic N) is 4. The van der Waals surface area contributed by atoms with E-state index in [-0.39, 0.29) is 17.1 Å². The smallest absolute Gasteiger partial charge is 0.254 e. The predicted molar refractivity (Wildman–Crippen MR) is 70.1 cm³/mol. The summed E-state index contributed by atoms with van der Waals surface area (Å²) >= 11 is 0. The molecule has 3 heterocycles. The van der Waals surface area contributed by atoms with Gasteiger partial charge in [0.15, 0.2) is 0 Å². The van der Waals surface area contributed by atoms with Crippen molar-refractivity contribution in [2.45, 2.75) is 0 Å². The first kappa shape index (κ1) is 12.0. The Morgan fingerprint density at radius 2 is 0.895 bits per heavy atom. The van der Waals surface area contributed by atoms with Crippen molar-refractivity contribution in [3.05, 3.63) is 49.1 Å². The van der Waals surface area contributed by atoms with Gasteiger partial charge in [0.25, 0.3) is 0 Å². The van der Waals surface area contributed by atoms with Gasteiger partial charge in [0.1, 0.15) is 0 Å². The molecule has 0 unspecified atom stereocenters. The zero-order valence-electron chi connectivity index (χ0n) is 9.71. The Morgan fingerprint density at radius 1 is 0.526 bits per heavy atom. The van der Waals surface area contributed by atoms with Crippen molar-refractivity contribution in [2.75, 3.05) is 0 Å². The second-order valence-corrected chi connectivity index (χ2v) is 4.05. The monoisotopic (exact) mass is 295 g/mol. The minimum absolute atomic E-state index is 0. The summed E-state index contributed by atoms with van der Waals surface area (Å²) in [7, 11) is 0. The van der Waals surface area contributed by atoms with Crippen LogP contribution in [0.25, 0.3) is 32.8 Å². The van der Waals surface area contributed by atoms with E-state index in [2.05, 4.69) is 19.9 Å². The van der Waals surface area contributed by atoms with Gasteiger partial charge in [-0.05, 0) is 24.3 Å². The Labute approximate surface area is 119 Å². The van der Waals surface area contributed by atoms with E-state index in [0.29, 0.717) is 0 Å².